The molecule has 1 fully saturated rings. The third kappa shape index (κ3) is 3.42. The van der Waals surface area contributed by atoms with Gasteiger partial charge in [0, 0.05) is 12.4 Å². The van der Waals surface area contributed by atoms with Crippen LogP contribution in [0.2, 0.25) is 0 Å². The number of carboxylic acids is 1. The Morgan fingerprint density at radius 3 is 2.70 bits per heavy atom. The summed E-state index contributed by atoms with van der Waals surface area (Å²) < 4.78 is 0. The van der Waals surface area contributed by atoms with Crippen molar-refractivity contribution in [1.29, 1.82) is 0 Å². The van der Waals surface area contributed by atoms with Crippen molar-refractivity contribution in [2.45, 2.75) is 38.3 Å². The number of rotatable bonds is 4. The van der Waals surface area contributed by atoms with Gasteiger partial charge >= 0.3 is 5.97 Å². The van der Waals surface area contributed by atoms with Crippen molar-refractivity contribution in [3.8, 4) is 0 Å². The van der Waals surface area contributed by atoms with E-state index in [1.807, 2.05) is 18.2 Å². The molecule has 1 aliphatic rings. The minimum Gasteiger partial charge on any atom is -0.480 e. The van der Waals surface area contributed by atoms with E-state index in [1.165, 1.54) is 5.56 Å². The fourth-order valence-electron chi connectivity index (χ4n) is 3.49. The Labute approximate surface area is 136 Å². The molecule has 2 aromatic rings. The molecule has 0 amide bonds. The summed E-state index contributed by atoms with van der Waals surface area (Å²) in [5.74, 6) is -0.726. The lowest BCUT2D eigenvalue weighted by Crippen LogP contribution is -2.46. The number of aliphatic carboxylic acids is 1. The molecule has 1 aliphatic heterocycles. The summed E-state index contributed by atoms with van der Waals surface area (Å²) in [7, 11) is 0. The molecule has 120 valence electrons. The number of benzene rings is 1. The number of aryl methyl sites for hydroxylation is 1. The fourth-order valence-corrected chi connectivity index (χ4v) is 3.49. The maximum absolute atomic E-state index is 11.7. The largest absolute Gasteiger partial charge is 0.480 e. The quantitative estimate of drug-likeness (QED) is 0.940. The third-order valence-corrected chi connectivity index (χ3v) is 4.54. The van der Waals surface area contributed by atoms with Gasteiger partial charge < -0.3 is 5.11 Å². The predicted molar refractivity (Wildman–Crippen MR) is 89.2 cm³/mol. The minimum atomic E-state index is -0.726. The number of likely N-dealkylation sites (tertiary alicyclic amines) is 1. The second-order valence-corrected chi connectivity index (χ2v) is 6.18. The van der Waals surface area contributed by atoms with E-state index in [1.54, 1.807) is 12.4 Å². The monoisotopic (exact) mass is 310 g/mol. The van der Waals surface area contributed by atoms with Crippen LogP contribution in [0.1, 0.15) is 42.0 Å². The Hall–Kier alpha value is -2.20. The van der Waals surface area contributed by atoms with Crippen LogP contribution in [-0.2, 0) is 4.79 Å². The first-order valence-corrected chi connectivity index (χ1v) is 8.12. The lowest BCUT2D eigenvalue weighted by atomic mass is 9.91. The number of piperidine rings is 1. The van der Waals surface area contributed by atoms with Crippen molar-refractivity contribution in [2.24, 2.45) is 0 Å². The summed E-state index contributed by atoms with van der Waals surface area (Å²) >= 11 is 0. The number of carbonyl (C=O) groups is 1. The van der Waals surface area contributed by atoms with Crippen LogP contribution in [0, 0.1) is 6.92 Å². The lowest BCUT2D eigenvalue weighted by molar-refractivity contribution is -0.145. The normalized spacial score (nSPS) is 20.1. The SMILES string of the molecule is Cc1cccc(C(c2ccncc2)N2CCCCC2C(=O)O)c1. The lowest BCUT2D eigenvalue weighted by Gasteiger charge is -2.39. The highest BCUT2D eigenvalue weighted by molar-refractivity contribution is 5.73. The molecular weight excluding hydrogens is 288 g/mol. The molecule has 23 heavy (non-hydrogen) atoms. The maximum Gasteiger partial charge on any atom is 0.320 e. The minimum absolute atomic E-state index is 0.0423. The Morgan fingerprint density at radius 1 is 1.22 bits per heavy atom. The molecule has 0 radical (unpaired) electrons. The fraction of sp³-hybridized carbons (Fsp3) is 0.368. The van der Waals surface area contributed by atoms with Crippen molar-refractivity contribution in [3.63, 3.8) is 0 Å². The van der Waals surface area contributed by atoms with Crippen LogP contribution in [-0.4, -0.2) is 33.5 Å². The molecule has 4 heteroatoms. The Morgan fingerprint density at radius 2 is 2.00 bits per heavy atom. The van der Waals surface area contributed by atoms with Gasteiger partial charge in [-0.3, -0.25) is 14.7 Å². The van der Waals surface area contributed by atoms with Crippen molar-refractivity contribution >= 4 is 5.97 Å². The summed E-state index contributed by atoms with van der Waals surface area (Å²) in [5, 5.41) is 9.65. The number of pyridine rings is 1. The number of carboxylic acid groups (broad SMARTS) is 1. The van der Waals surface area contributed by atoms with Crippen LogP contribution in [0.5, 0.6) is 0 Å². The highest BCUT2D eigenvalue weighted by Crippen LogP contribution is 2.34. The molecule has 0 spiro atoms. The van der Waals surface area contributed by atoms with E-state index in [9.17, 15) is 9.90 Å². The van der Waals surface area contributed by atoms with E-state index in [0.29, 0.717) is 6.42 Å². The molecule has 0 saturated carbocycles. The van der Waals surface area contributed by atoms with Gasteiger partial charge in [-0.05, 0) is 49.6 Å². The van der Waals surface area contributed by atoms with E-state index < -0.39 is 12.0 Å². The molecule has 1 aromatic heterocycles. The highest BCUT2D eigenvalue weighted by Gasteiger charge is 2.35. The Balaban J connectivity index is 2.06. The average molecular weight is 310 g/mol. The van der Waals surface area contributed by atoms with Crippen LogP contribution in [0.15, 0.2) is 48.8 Å². The van der Waals surface area contributed by atoms with Gasteiger partial charge in [0.25, 0.3) is 0 Å². The van der Waals surface area contributed by atoms with Crippen LogP contribution >= 0.6 is 0 Å². The second-order valence-electron chi connectivity index (χ2n) is 6.18. The summed E-state index contributed by atoms with van der Waals surface area (Å²) in [6.45, 7) is 2.87. The van der Waals surface area contributed by atoms with Gasteiger partial charge in [-0.2, -0.15) is 0 Å². The Kier molecular flexibility index (Phi) is 4.72. The summed E-state index contributed by atoms with van der Waals surface area (Å²) in [6.07, 6.45) is 6.28. The molecule has 2 unspecified atom stereocenters. The van der Waals surface area contributed by atoms with Crippen molar-refractivity contribution in [3.05, 3.63) is 65.5 Å². The molecule has 1 aromatic carbocycles. The predicted octanol–water partition coefficient (Wildman–Crippen LogP) is 3.42. The smallest absolute Gasteiger partial charge is 0.320 e. The van der Waals surface area contributed by atoms with Crippen molar-refractivity contribution in [1.82, 2.24) is 9.88 Å². The van der Waals surface area contributed by atoms with Gasteiger partial charge in [0.15, 0.2) is 0 Å². The summed E-state index contributed by atoms with van der Waals surface area (Å²) in [6, 6.07) is 11.9. The van der Waals surface area contributed by atoms with Gasteiger partial charge in [0.05, 0.1) is 6.04 Å². The van der Waals surface area contributed by atoms with Crippen molar-refractivity contribution in [2.75, 3.05) is 6.54 Å². The number of hydrogen-bond donors (Lipinski definition) is 1. The standard InChI is InChI=1S/C19H22N2O2/c1-14-5-4-6-16(13-14)18(15-8-10-20-11-9-15)21-12-3-2-7-17(21)19(22)23/h4-6,8-11,13,17-18H,2-3,7,12H2,1H3,(H,22,23). The number of hydrogen-bond acceptors (Lipinski definition) is 3. The first-order chi connectivity index (χ1) is 11.2. The molecular formula is C19H22N2O2. The van der Waals surface area contributed by atoms with E-state index >= 15 is 0 Å². The Bertz CT molecular complexity index is 672. The van der Waals surface area contributed by atoms with Crippen molar-refractivity contribution < 1.29 is 9.90 Å². The molecule has 3 rings (SSSR count). The molecule has 1 saturated heterocycles. The van der Waals surface area contributed by atoms with Gasteiger partial charge in [-0.25, -0.2) is 0 Å². The van der Waals surface area contributed by atoms with E-state index in [0.717, 1.165) is 30.5 Å². The topological polar surface area (TPSA) is 53.4 Å². The average Bonchev–Trinajstić information content (AvgIpc) is 2.56. The van der Waals surface area contributed by atoms with Gasteiger partial charge in [0.1, 0.15) is 6.04 Å². The highest BCUT2D eigenvalue weighted by atomic mass is 16.4. The zero-order valence-corrected chi connectivity index (χ0v) is 13.4. The number of aromatic nitrogens is 1. The molecule has 2 heterocycles. The molecule has 4 nitrogen and oxygen atoms in total. The van der Waals surface area contributed by atoms with Gasteiger partial charge in [-0.1, -0.05) is 36.2 Å². The van der Waals surface area contributed by atoms with Gasteiger partial charge in [-0.15, -0.1) is 0 Å². The summed E-state index contributed by atoms with van der Waals surface area (Å²) in [4.78, 5) is 18.0. The van der Waals surface area contributed by atoms with Crippen LogP contribution in [0.3, 0.4) is 0 Å². The summed E-state index contributed by atoms with van der Waals surface area (Å²) in [5.41, 5.74) is 3.42. The van der Waals surface area contributed by atoms with E-state index in [2.05, 4.69) is 35.0 Å². The maximum atomic E-state index is 11.7. The zero-order valence-electron chi connectivity index (χ0n) is 13.4. The first kappa shape index (κ1) is 15.7. The van der Waals surface area contributed by atoms with E-state index in [4.69, 9.17) is 0 Å². The zero-order chi connectivity index (χ0) is 16.2. The van der Waals surface area contributed by atoms with E-state index in [-0.39, 0.29) is 6.04 Å². The molecule has 2 atom stereocenters. The van der Waals surface area contributed by atoms with Crippen LogP contribution in [0.25, 0.3) is 0 Å². The molecule has 0 aliphatic carbocycles. The van der Waals surface area contributed by atoms with Crippen LogP contribution < -0.4 is 0 Å². The molecule has 1 N–H and O–H groups in total. The molecule has 0 bridgehead atoms. The third-order valence-electron chi connectivity index (χ3n) is 4.54. The van der Waals surface area contributed by atoms with Gasteiger partial charge in [0.2, 0.25) is 0 Å². The number of nitrogens with zero attached hydrogens (tertiary/aromatic N) is 2. The first-order valence-electron chi connectivity index (χ1n) is 8.12. The van der Waals surface area contributed by atoms with Crippen LogP contribution in [0.4, 0.5) is 0 Å². The second kappa shape index (κ2) is 6.92.